The van der Waals surface area contributed by atoms with Crippen molar-refractivity contribution < 1.29 is 26.8 Å². The zero-order valence-corrected chi connectivity index (χ0v) is 18.9. The number of sulfonamides is 1. The van der Waals surface area contributed by atoms with Crippen LogP contribution in [-0.4, -0.2) is 24.6 Å². The number of halogens is 1. The van der Waals surface area contributed by atoms with E-state index in [0.717, 1.165) is 0 Å². The van der Waals surface area contributed by atoms with Crippen LogP contribution in [0.5, 0.6) is 0 Å². The van der Waals surface area contributed by atoms with E-state index in [0.29, 0.717) is 21.9 Å². The third kappa shape index (κ3) is 5.48. The van der Waals surface area contributed by atoms with E-state index >= 15 is 0 Å². The molecule has 2 aromatic heterocycles. The smallest absolute Gasteiger partial charge is 0.338 e. The highest BCUT2D eigenvalue weighted by Gasteiger charge is 2.20. The molecule has 1 N–H and O–H groups in total. The van der Waals surface area contributed by atoms with Gasteiger partial charge in [-0.25, -0.2) is 17.9 Å². The maximum atomic E-state index is 12.6. The van der Waals surface area contributed by atoms with Crippen LogP contribution < -0.4 is 4.72 Å². The molecule has 0 atom stereocenters. The van der Waals surface area contributed by atoms with Gasteiger partial charge in [-0.3, -0.25) is 0 Å². The fourth-order valence-corrected chi connectivity index (χ4v) is 4.02. The fourth-order valence-electron chi connectivity index (χ4n) is 2.88. The SMILES string of the molecule is Cc1ccc(S(=O)(=O)NCc2ccco2)cc1C(=O)OCc1nnc(-c2ccc(Cl)cc2)o1. The average molecular weight is 488 g/mol. The van der Waals surface area contributed by atoms with Gasteiger partial charge in [-0.15, -0.1) is 10.2 Å². The molecule has 4 aromatic rings. The summed E-state index contributed by atoms with van der Waals surface area (Å²) >= 11 is 5.87. The number of esters is 1. The number of carbonyl (C=O) groups excluding carboxylic acids is 1. The van der Waals surface area contributed by atoms with E-state index in [-0.39, 0.29) is 35.4 Å². The average Bonchev–Trinajstić information content (AvgIpc) is 3.49. The van der Waals surface area contributed by atoms with Gasteiger partial charge in [0.1, 0.15) is 5.76 Å². The standard InChI is InChI=1S/C22H18ClN3O6S/c1-14-4-9-18(33(28,29)24-12-17-3-2-10-30-17)11-19(14)22(27)31-13-20-25-26-21(32-20)15-5-7-16(23)8-6-15/h2-11,24H,12-13H2,1H3. The van der Waals surface area contributed by atoms with E-state index in [1.165, 1.54) is 24.5 Å². The monoisotopic (exact) mass is 487 g/mol. The molecule has 11 heteroatoms. The van der Waals surface area contributed by atoms with Gasteiger partial charge in [0, 0.05) is 10.6 Å². The Balaban J connectivity index is 1.43. The minimum atomic E-state index is -3.87. The minimum Gasteiger partial charge on any atom is -0.468 e. The molecule has 0 saturated carbocycles. The second-order valence-corrected chi connectivity index (χ2v) is 9.17. The van der Waals surface area contributed by atoms with Crippen LogP contribution >= 0.6 is 11.6 Å². The van der Waals surface area contributed by atoms with Crippen LogP contribution in [0.2, 0.25) is 5.02 Å². The number of hydrogen-bond donors (Lipinski definition) is 1. The maximum absolute atomic E-state index is 12.6. The van der Waals surface area contributed by atoms with Crippen molar-refractivity contribution in [3.8, 4) is 11.5 Å². The molecular weight excluding hydrogens is 470 g/mol. The maximum Gasteiger partial charge on any atom is 0.338 e. The Hall–Kier alpha value is -3.47. The number of hydrogen-bond acceptors (Lipinski definition) is 8. The van der Waals surface area contributed by atoms with Crippen LogP contribution in [-0.2, 0) is 27.9 Å². The molecule has 0 unspecified atom stereocenters. The predicted octanol–water partition coefficient (Wildman–Crippen LogP) is 4.13. The molecule has 170 valence electrons. The molecule has 0 fully saturated rings. The van der Waals surface area contributed by atoms with Crippen molar-refractivity contribution in [2.24, 2.45) is 0 Å². The molecule has 9 nitrogen and oxygen atoms in total. The van der Waals surface area contributed by atoms with Gasteiger partial charge in [-0.05, 0) is 61.0 Å². The molecule has 0 spiro atoms. The molecule has 2 aromatic carbocycles. The Morgan fingerprint density at radius 1 is 1.12 bits per heavy atom. The lowest BCUT2D eigenvalue weighted by Crippen LogP contribution is -2.23. The first kappa shape index (κ1) is 22.7. The van der Waals surface area contributed by atoms with Crippen LogP contribution in [0.3, 0.4) is 0 Å². The highest BCUT2D eigenvalue weighted by molar-refractivity contribution is 7.89. The van der Waals surface area contributed by atoms with Gasteiger partial charge in [-0.2, -0.15) is 0 Å². The molecule has 0 radical (unpaired) electrons. The van der Waals surface area contributed by atoms with Crippen molar-refractivity contribution in [3.05, 3.63) is 88.7 Å². The van der Waals surface area contributed by atoms with Crippen molar-refractivity contribution in [2.75, 3.05) is 0 Å². The van der Waals surface area contributed by atoms with Crippen LogP contribution in [0, 0.1) is 6.92 Å². The third-order valence-corrected chi connectivity index (χ3v) is 6.29. The quantitative estimate of drug-likeness (QED) is 0.368. The number of nitrogens with one attached hydrogen (secondary N) is 1. The van der Waals surface area contributed by atoms with E-state index in [4.69, 9.17) is 25.2 Å². The Labute approximate surface area is 194 Å². The number of aromatic nitrogens is 2. The summed E-state index contributed by atoms with van der Waals surface area (Å²) < 4.78 is 43.5. The first-order chi connectivity index (χ1) is 15.8. The fraction of sp³-hybridized carbons (Fsp3) is 0.136. The lowest BCUT2D eigenvalue weighted by molar-refractivity contribution is 0.0437. The van der Waals surface area contributed by atoms with Crippen molar-refractivity contribution >= 4 is 27.6 Å². The lowest BCUT2D eigenvalue weighted by atomic mass is 10.1. The molecular formula is C22H18ClN3O6S. The Kier molecular flexibility index (Phi) is 6.59. The number of carbonyl (C=O) groups is 1. The lowest BCUT2D eigenvalue weighted by Gasteiger charge is -2.10. The summed E-state index contributed by atoms with van der Waals surface area (Å²) in [6.07, 6.45) is 1.45. The number of ether oxygens (including phenoxy) is 1. The first-order valence-electron chi connectivity index (χ1n) is 9.70. The zero-order valence-electron chi connectivity index (χ0n) is 17.3. The van der Waals surface area contributed by atoms with E-state index in [1.807, 2.05) is 0 Å². The van der Waals surface area contributed by atoms with E-state index in [9.17, 15) is 13.2 Å². The zero-order chi connectivity index (χ0) is 23.4. The van der Waals surface area contributed by atoms with Gasteiger partial charge >= 0.3 is 5.97 Å². The number of rotatable bonds is 8. The molecule has 0 amide bonds. The van der Waals surface area contributed by atoms with Crippen molar-refractivity contribution in [1.29, 1.82) is 0 Å². The van der Waals surface area contributed by atoms with Gasteiger partial charge in [0.2, 0.25) is 15.9 Å². The number of benzene rings is 2. The Bertz CT molecular complexity index is 1370. The minimum absolute atomic E-state index is 0.0178. The van der Waals surface area contributed by atoms with E-state index in [2.05, 4.69) is 14.9 Å². The Morgan fingerprint density at radius 2 is 1.91 bits per heavy atom. The third-order valence-electron chi connectivity index (χ3n) is 4.64. The molecule has 4 rings (SSSR count). The van der Waals surface area contributed by atoms with Gasteiger partial charge in [0.25, 0.3) is 5.89 Å². The van der Waals surface area contributed by atoms with Crippen molar-refractivity contribution in [1.82, 2.24) is 14.9 Å². The van der Waals surface area contributed by atoms with Gasteiger partial charge in [-0.1, -0.05) is 17.7 Å². The predicted molar refractivity (Wildman–Crippen MR) is 118 cm³/mol. The Morgan fingerprint density at radius 3 is 2.64 bits per heavy atom. The molecule has 0 saturated heterocycles. The van der Waals surface area contributed by atoms with Crippen LogP contribution in [0.25, 0.3) is 11.5 Å². The summed E-state index contributed by atoms with van der Waals surface area (Å²) in [7, 11) is -3.87. The molecule has 2 heterocycles. The van der Waals surface area contributed by atoms with Crippen molar-refractivity contribution in [2.45, 2.75) is 25.0 Å². The van der Waals surface area contributed by atoms with E-state index in [1.54, 1.807) is 43.3 Å². The summed E-state index contributed by atoms with van der Waals surface area (Å²) in [4.78, 5) is 12.5. The molecule has 0 aliphatic rings. The molecule has 0 aliphatic carbocycles. The molecule has 33 heavy (non-hydrogen) atoms. The van der Waals surface area contributed by atoms with E-state index < -0.39 is 16.0 Å². The first-order valence-corrected chi connectivity index (χ1v) is 11.6. The van der Waals surface area contributed by atoms with Crippen LogP contribution in [0.15, 0.2) is 74.6 Å². The number of furan rings is 1. The topological polar surface area (TPSA) is 125 Å². The van der Waals surface area contributed by atoms with Crippen LogP contribution in [0.4, 0.5) is 0 Å². The van der Waals surface area contributed by atoms with Gasteiger partial charge in [0.15, 0.2) is 6.61 Å². The summed E-state index contributed by atoms with van der Waals surface area (Å²) in [5, 5.41) is 8.37. The summed E-state index contributed by atoms with van der Waals surface area (Å²) in [6, 6.07) is 14.3. The molecule has 0 bridgehead atoms. The second-order valence-electron chi connectivity index (χ2n) is 6.96. The number of nitrogens with zero attached hydrogens (tertiary/aromatic N) is 2. The second kappa shape index (κ2) is 9.57. The van der Waals surface area contributed by atoms with Crippen LogP contribution in [0.1, 0.15) is 27.6 Å². The summed E-state index contributed by atoms with van der Waals surface area (Å²) in [5.74, 6) is 0.0872. The van der Waals surface area contributed by atoms with Crippen molar-refractivity contribution in [3.63, 3.8) is 0 Å². The largest absolute Gasteiger partial charge is 0.468 e. The summed E-state index contributed by atoms with van der Waals surface area (Å²) in [6.45, 7) is 1.39. The normalized spacial score (nSPS) is 11.5. The highest BCUT2D eigenvalue weighted by atomic mass is 35.5. The van der Waals surface area contributed by atoms with Gasteiger partial charge < -0.3 is 13.6 Å². The molecule has 0 aliphatic heterocycles. The number of aryl methyl sites for hydroxylation is 1. The summed E-state index contributed by atoms with van der Waals surface area (Å²) in [5.41, 5.74) is 1.32. The highest BCUT2D eigenvalue weighted by Crippen LogP contribution is 2.21. The van der Waals surface area contributed by atoms with Gasteiger partial charge in [0.05, 0.1) is 23.3 Å².